The quantitative estimate of drug-likeness (QED) is 0.0728. The van der Waals surface area contributed by atoms with E-state index in [-0.39, 0.29) is 18.3 Å². The van der Waals surface area contributed by atoms with E-state index in [0.29, 0.717) is 23.3 Å². The van der Waals surface area contributed by atoms with Crippen molar-refractivity contribution in [3.05, 3.63) is 148 Å². The van der Waals surface area contributed by atoms with Crippen molar-refractivity contribution < 1.29 is 18.9 Å². The maximum atomic E-state index is 6.02. The monoisotopic (exact) mass is 934 g/mol. The molecule has 3 aliphatic heterocycles. The van der Waals surface area contributed by atoms with E-state index in [1.165, 1.54) is 16.7 Å². The summed E-state index contributed by atoms with van der Waals surface area (Å²) in [5.41, 5.74) is 7.46. The average Bonchev–Trinajstić information content (AvgIpc) is 3.76. The normalized spacial score (nSPS) is 18.3. The minimum atomic E-state index is 0.129. The van der Waals surface area contributed by atoms with Gasteiger partial charge in [0.25, 0.3) is 0 Å². The summed E-state index contributed by atoms with van der Waals surface area (Å²) in [4.78, 5) is 17.2. The Kier molecular flexibility index (Phi) is 16.8. The molecule has 7 aromatic rings. The molecule has 0 radical (unpaired) electrons. The molecule has 338 valence electrons. The van der Waals surface area contributed by atoms with Gasteiger partial charge in [0.1, 0.15) is 5.82 Å². The first kappa shape index (κ1) is 46.1. The van der Waals surface area contributed by atoms with E-state index in [4.69, 9.17) is 42.1 Å². The molecule has 4 aromatic carbocycles. The minimum Gasteiger partial charge on any atom is -0.491 e. The van der Waals surface area contributed by atoms with Crippen molar-refractivity contribution in [1.82, 2.24) is 35.9 Å². The summed E-state index contributed by atoms with van der Waals surface area (Å²) in [5, 5.41) is 22.0. The van der Waals surface area contributed by atoms with Crippen LogP contribution in [0.3, 0.4) is 0 Å². The van der Waals surface area contributed by atoms with Gasteiger partial charge in [-0.15, -0.1) is 0 Å². The predicted octanol–water partition coefficient (Wildman–Crippen LogP) is 9.77. The highest BCUT2D eigenvalue weighted by Crippen LogP contribution is 2.31. The van der Waals surface area contributed by atoms with Crippen molar-refractivity contribution in [3.8, 4) is 5.75 Å². The van der Waals surface area contributed by atoms with Gasteiger partial charge in [0, 0.05) is 67.6 Å². The number of aromatic nitrogens is 4. The van der Waals surface area contributed by atoms with Gasteiger partial charge in [0.05, 0.1) is 72.4 Å². The van der Waals surface area contributed by atoms with E-state index in [0.717, 1.165) is 102 Å². The van der Waals surface area contributed by atoms with Crippen LogP contribution in [0.4, 0.5) is 34.0 Å². The molecule has 0 unspecified atom stereocenters. The average molecular weight is 936 g/mol. The summed E-state index contributed by atoms with van der Waals surface area (Å²) in [6.07, 6.45) is 5.36. The molecule has 3 fully saturated rings. The fourth-order valence-corrected chi connectivity index (χ4v) is 8.38. The van der Waals surface area contributed by atoms with Crippen molar-refractivity contribution in [2.24, 2.45) is 0 Å². The lowest BCUT2D eigenvalue weighted by atomic mass is 10.1. The maximum absolute atomic E-state index is 6.02. The van der Waals surface area contributed by atoms with Crippen LogP contribution in [0.2, 0.25) is 10.0 Å². The molecule has 0 bridgehead atoms. The largest absolute Gasteiger partial charge is 0.491 e. The van der Waals surface area contributed by atoms with Gasteiger partial charge < -0.3 is 50.8 Å². The lowest BCUT2D eigenvalue weighted by molar-refractivity contribution is 0.0276. The highest BCUT2D eigenvalue weighted by Gasteiger charge is 2.18. The Hall–Kier alpha value is -5.46. The third kappa shape index (κ3) is 13.8. The number of pyridine rings is 1. The van der Waals surface area contributed by atoms with E-state index >= 15 is 0 Å². The molecule has 3 saturated heterocycles. The maximum Gasteiger partial charge on any atom is 0.227 e. The summed E-state index contributed by atoms with van der Waals surface area (Å²) >= 11 is 13.4. The van der Waals surface area contributed by atoms with Gasteiger partial charge in [0.2, 0.25) is 5.95 Å². The second kappa shape index (κ2) is 23.6. The first-order chi connectivity index (χ1) is 31.9. The van der Waals surface area contributed by atoms with Crippen LogP contribution in [0.1, 0.15) is 41.9 Å². The Morgan fingerprint density at radius 2 is 1.11 bits per heavy atom. The van der Waals surface area contributed by atoms with Crippen LogP contribution in [0.15, 0.2) is 122 Å². The fourth-order valence-electron chi connectivity index (χ4n) is 7.11. The molecule has 0 aliphatic carbocycles. The number of nitrogens with zero attached hydrogens (tertiary/aromatic N) is 4. The van der Waals surface area contributed by atoms with Crippen molar-refractivity contribution in [2.45, 2.75) is 25.2 Å². The first-order valence-electron chi connectivity index (χ1n) is 21.6. The van der Waals surface area contributed by atoms with Crippen LogP contribution in [0.25, 0.3) is 10.2 Å². The van der Waals surface area contributed by atoms with Crippen LogP contribution >= 0.6 is 34.5 Å². The highest BCUT2D eigenvalue weighted by atomic mass is 35.5. The Labute approximate surface area is 392 Å². The smallest absolute Gasteiger partial charge is 0.227 e. The molecular weight excluding hydrogens is 884 g/mol. The molecule has 3 aromatic heterocycles. The van der Waals surface area contributed by atoms with Crippen LogP contribution in [0, 0.1) is 0 Å². The number of morpholine rings is 3. The summed E-state index contributed by atoms with van der Waals surface area (Å²) in [6.45, 7) is 10.2. The lowest BCUT2D eigenvalue weighted by Gasteiger charge is -2.24. The third-order valence-electron chi connectivity index (χ3n) is 10.4. The summed E-state index contributed by atoms with van der Waals surface area (Å²) in [7, 11) is 0. The van der Waals surface area contributed by atoms with Crippen LogP contribution in [-0.4, -0.2) is 85.6 Å². The molecule has 0 spiro atoms. The molecule has 0 amide bonds. The number of fused-ring (bicyclic) bond motifs is 1. The lowest BCUT2D eigenvalue weighted by Crippen LogP contribution is -2.33. The summed E-state index contributed by atoms with van der Waals surface area (Å²) in [6, 6.07) is 34.1. The van der Waals surface area contributed by atoms with E-state index in [1.807, 2.05) is 61.5 Å². The highest BCUT2D eigenvalue weighted by molar-refractivity contribution is 7.22. The molecule has 3 aliphatic rings. The van der Waals surface area contributed by atoms with Gasteiger partial charge in [-0.25, -0.2) is 19.9 Å². The Morgan fingerprint density at radius 3 is 1.58 bits per heavy atom. The Bertz CT molecular complexity index is 2500. The number of benzene rings is 4. The Balaban J connectivity index is 0.000000133. The number of thiazole rings is 1. The second-order valence-electron chi connectivity index (χ2n) is 15.1. The van der Waals surface area contributed by atoms with Crippen LogP contribution in [0.5, 0.6) is 5.75 Å². The van der Waals surface area contributed by atoms with Crippen molar-refractivity contribution >= 4 is 78.7 Å². The molecular formula is C48H52Cl2N10O4S. The molecule has 6 heterocycles. The standard InChI is InChI=1S/C17H16ClN3OS.C16H20N4O2.C15H16ClN3O/c18-12-3-6-14-16(9-12)23-17(21-14)20-13-4-1-11(2-5-13)15-10-19-7-8-22-15;1-2-21-14-9-18-16(19-10-14)20-13-5-3-12(4-6-13)15-11-17-7-8-22-15;16-12-3-6-15(18-9-12)19-13-4-1-11(2-5-13)14-10-17-7-8-20-14/h1-6,9,15,19H,7-8,10H2,(H,20,21);3-6,9-10,15,17H,2,7-8,11H2,1H3,(H,18,19,20);1-6,9,14,17H,7-8,10H2,(H,18,19)/t2*15-;14-/m111/s1. The first-order valence-corrected chi connectivity index (χ1v) is 23.2. The molecule has 65 heavy (non-hydrogen) atoms. The summed E-state index contributed by atoms with van der Waals surface area (Å²) < 4.78 is 23.6. The van der Waals surface area contributed by atoms with E-state index < -0.39 is 0 Å². The number of nitrogens with one attached hydrogen (secondary N) is 6. The van der Waals surface area contributed by atoms with E-state index in [1.54, 1.807) is 29.9 Å². The Morgan fingerprint density at radius 1 is 0.600 bits per heavy atom. The molecule has 14 nitrogen and oxygen atoms in total. The third-order valence-corrected chi connectivity index (χ3v) is 11.8. The number of anilines is 6. The molecule has 6 N–H and O–H groups in total. The van der Waals surface area contributed by atoms with Gasteiger partial charge in [-0.1, -0.05) is 70.9 Å². The summed E-state index contributed by atoms with van der Waals surface area (Å²) in [5.74, 6) is 2.00. The zero-order valence-electron chi connectivity index (χ0n) is 35.9. The van der Waals surface area contributed by atoms with Crippen molar-refractivity contribution in [2.75, 3.05) is 81.6 Å². The van der Waals surface area contributed by atoms with Crippen LogP contribution < -0.4 is 36.6 Å². The topological polar surface area (TPSA) is 161 Å². The molecule has 3 atom stereocenters. The van der Waals surface area contributed by atoms with E-state index in [2.05, 4.69) is 100 Å². The van der Waals surface area contributed by atoms with Gasteiger partial charge >= 0.3 is 0 Å². The number of ether oxygens (including phenoxy) is 4. The van der Waals surface area contributed by atoms with Gasteiger partial charge in [0.15, 0.2) is 10.9 Å². The molecule has 10 rings (SSSR count). The van der Waals surface area contributed by atoms with Gasteiger partial charge in [-0.2, -0.15) is 0 Å². The second-order valence-corrected chi connectivity index (χ2v) is 17.0. The van der Waals surface area contributed by atoms with Crippen molar-refractivity contribution in [3.63, 3.8) is 0 Å². The zero-order valence-corrected chi connectivity index (χ0v) is 38.3. The molecule has 17 heteroatoms. The minimum absolute atomic E-state index is 0.129. The fraction of sp³-hybridized carbons (Fsp3) is 0.292. The van der Waals surface area contributed by atoms with E-state index in [9.17, 15) is 0 Å². The van der Waals surface area contributed by atoms with Crippen molar-refractivity contribution in [1.29, 1.82) is 0 Å². The number of hydrogen-bond donors (Lipinski definition) is 6. The SMILES string of the molecule is CCOc1cnc(Nc2ccc([C@H]3CNCCO3)cc2)nc1.Clc1ccc(Nc2ccc([C@H]3CNCCO3)cc2)nc1.Clc1ccc2nc(Nc3ccc([C@H]4CNCCO4)cc3)sc2c1. The molecule has 0 saturated carbocycles. The van der Waals surface area contributed by atoms with Gasteiger partial charge in [-0.05, 0) is 90.3 Å². The number of hydrogen-bond acceptors (Lipinski definition) is 15. The number of rotatable bonds is 11. The predicted molar refractivity (Wildman–Crippen MR) is 261 cm³/mol. The van der Waals surface area contributed by atoms with Crippen LogP contribution in [-0.2, 0) is 14.2 Å². The zero-order chi connectivity index (χ0) is 44.6. The number of halogens is 2. The van der Waals surface area contributed by atoms with Gasteiger partial charge in [-0.3, -0.25) is 0 Å².